The average molecular weight is 402 g/mol. The van der Waals surface area contributed by atoms with Gasteiger partial charge in [-0.3, -0.25) is 4.90 Å². The molecule has 0 fully saturated rings. The van der Waals surface area contributed by atoms with Gasteiger partial charge in [0.1, 0.15) is 16.9 Å². The fraction of sp³-hybridized carbons (Fsp3) is 0.273. The zero-order chi connectivity index (χ0) is 22.1. The van der Waals surface area contributed by atoms with Gasteiger partial charge in [0.15, 0.2) is 5.82 Å². The van der Waals surface area contributed by atoms with Crippen LogP contribution in [0.1, 0.15) is 37.5 Å². The van der Waals surface area contributed by atoms with Gasteiger partial charge < -0.3 is 15.0 Å². The first-order valence-corrected chi connectivity index (χ1v) is 9.20. The van der Waals surface area contributed by atoms with E-state index in [2.05, 4.69) is 27.9 Å². The smallest absolute Gasteiger partial charge is 0.415 e. The van der Waals surface area contributed by atoms with Crippen LogP contribution in [0.3, 0.4) is 0 Å². The van der Waals surface area contributed by atoms with Crippen molar-refractivity contribution in [3.63, 3.8) is 0 Å². The number of imidazole rings is 1. The van der Waals surface area contributed by atoms with Crippen LogP contribution in [0.2, 0.25) is 0 Å². The second-order valence-corrected chi connectivity index (χ2v) is 7.73. The third-order valence-corrected chi connectivity index (χ3v) is 4.20. The van der Waals surface area contributed by atoms with Gasteiger partial charge in [0, 0.05) is 19.7 Å². The molecule has 2 N–H and O–H groups in total. The summed E-state index contributed by atoms with van der Waals surface area (Å²) < 4.78 is 7.21. The normalized spacial score (nSPS) is 10.8. The van der Waals surface area contributed by atoms with E-state index in [1.165, 1.54) is 4.90 Å². The summed E-state index contributed by atoms with van der Waals surface area (Å²) in [5, 5.41) is 8.91. The van der Waals surface area contributed by atoms with Gasteiger partial charge in [0.05, 0.1) is 29.0 Å². The number of amides is 1. The van der Waals surface area contributed by atoms with Gasteiger partial charge in [-0.25, -0.2) is 14.8 Å². The number of nitrogens with two attached hydrogens (primary N) is 1. The Labute approximate surface area is 174 Å². The minimum absolute atomic E-state index is 0.178. The molecule has 8 heteroatoms. The maximum atomic E-state index is 12.5. The van der Waals surface area contributed by atoms with E-state index in [1.807, 2.05) is 7.05 Å². The molecule has 152 valence electrons. The van der Waals surface area contributed by atoms with E-state index >= 15 is 0 Å². The van der Waals surface area contributed by atoms with E-state index in [9.17, 15) is 4.79 Å². The second-order valence-electron chi connectivity index (χ2n) is 7.73. The summed E-state index contributed by atoms with van der Waals surface area (Å²) in [4.78, 5) is 22.6. The number of ether oxygens (including phenoxy) is 1. The number of carbonyl (C=O) groups excluding carboxylic acids is 1. The fourth-order valence-corrected chi connectivity index (χ4v) is 2.77. The van der Waals surface area contributed by atoms with Crippen molar-refractivity contribution in [2.75, 3.05) is 17.7 Å². The van der Waals surface area contributed by atoms with Crippen LogP contribution in [0.15, 0.2) is 30.6 Å². The van der Waals surface area contributed by atoms with Crippen molar-refractivity contribution in [3.8, 4) is 17.9 Å². The predicted octanol–water partition coefficient (Wildman–Crippen LogP) is 3.19. The molecule has 0 aliphatic rings. The van der Waals surface area contributed by atoms with Gasteiger partial charge in [-0.05, 0) is 45.0 Å². The highest BCUT2D eigenvalue weighted by Crippen LogP contribution is 2.29. The van der Waals surface area contributed by atoms with Crippen LogP contribution in [-0.4, -0.2) is 33.3 Å². The number of hydrogen-bond acceptors (Lipinski definition) is 6. The number of anilines is 2. The molecule has 0 bridgehead atoms. The van der Waals surface area contributed by atoms with E-state index < -0.39 is 11.7 Å². The summed E-state index contributed by atoms with van der Waals surface area (Å²) >= 11 is 0. The number of aromatic nitrogens is 3. The molecule has 0 unspecified atom stereocenters. The number of nitrogens with zero attached hydrogens (tertiary/aromatic N) is 5. The molecule has 0 aliphatic carbocycles. The number of hydrogen-bond donors (Lipinski definition) is 1. The van der Waals surface area contributed by atoms with E-state index in [0.29, 0.717) is 28.0 Å². The van der Waals surface area contributed by atoms with Gasteiger partial charge in [0.2, 0.25) is 0 Å². The third-order valence-electron chi connectivity index (χ3n) is 4.20. The summed E-state index contributed by atoms with van der Waals surface area (Å²) in [5.74, 6) is 6.56. The lowest BCUT2D eigenvalue weighted by molar-refractivity contribution is 0.0588. The standard InChI is InChI=1S/C22H22N6O2/c1-22(2,3)30-21(29)28(5)20-17-18(27(4)13-25-17)16(19(24)26-20)11-10-14-6-8-15(12-23)9-7-14/h6-9,13H,1-5H3,(H2,24,26). The van der Waals surface area contributed by atoms with Gasteiger partial charge in [-0.2, -0.15) is 5.26 Å². The molecule has 1 aromatic carbocycles. The molecule has 30 heavy (non-hydrogen) atoms. The number of nitriles is 1. The predicted molar refractivity (Wildman–Crippen MR) is 115 cm³/mol. The Bertz CT molecular complexity index is 1220. The number of nitrogen functional groups attached to an aromatic ring is 1. The van der Waals surface area contributed by atoms with Crippen molar-refractivity contribution >= 4 is 28.8 Å². The van der Waals surface area contributed by atoms with Crippen LogP contribution < -0.4 is 10.6 Å². The lowest BCUT2D eigenvalue weighted by Gasteiger charge is -2.24. The zero-order valence-electron chi connectivity index (χ0n) is 17.5. The second kappa shape index (κ2) is 7.76. The molecule has 0 saturated carbocycles. The van der Waals surface area contributed by atoms with Gasteiger partial charge in [-0.15, -0.1) is 0 Å². The molecule has 0 spiro atoms. The maximum Gasteiger partial charge on any atom is 0.415 e. The molecule has 0 radical (unpaired) electrons. The molecular weight excluding hydrogens is 380 g/mol. The van der Waals surface area contributed by atoms with Crippen molar-refractivity contribution in [1.82, 2.24) is 14.5 Å². The lowest BCUT2D eigenvalue weighted by Crippen LogP contribution is -2.34. The van der Waals surface area contributed by atoms with Crippen LogP contribution in [0.4, 0.5) is 16.4 Å². The Balaban J connectivity index is 2.07. The molecule has 2 heterocycles. The van der Waals surface area contributed by atoms with E-state index in [-0.39, 0.29) is 5.82 Å². The molecule has 0 aliphatic heterocycles. The van der Waals surface area contributed by atoms with Crippen LogP contribution in [-0.2, 0) is 11.8 Å². The van der Waals surface area contributed by atoms with Gasteiger partial charge in [0.25, 0.3) is 0 Å². The van der Waals surface area contributed by atoms with E-state index in [4.69, 9.17) is 15.7 Å². The average Bonchev–Trinajstić information content (AvgIpc) is 3.07. The molecular formula is C22H22N6O2. The number of rotatable bonds is 1. The minimum atomic E-state index is -0.646. The summed E-state index contributed by atoms with van der Waals surface area (Å²) in [5.41, 5.74) is 8.52. The fourth-order valence-electron chi connectivity index (χ4n) is 2.77. The third kappa shape index (κ3) is 4.18. The van der Waals surface area contributed by atoms with Gasteiger partial charge in [-0.1, -0.05) is 11.8 Å². The van der Waals surface area contributed by atoms with E-state index in [0.717, 1.165) is 5.56 Å². The monoisotopic (exact) mass is 402 g/mol. The first-order chi connectivity index (χ1) is 14.1. The number of carbonyl (C=O) groups is 1. The molecule has 2 aromatic heterocycles. The first-order valence-electron chi connectivity index (χ1n) is 9.20. The molecule has 3 aromatic rings. The Morgan fingerprint density at radius 3 is 2.43 bits per heavy atom. The first kappa shape index (κ1) is 20.7. The van der Waals surface area contributed by atoms with Crippen LogP contribution in [0.25, 0.3) is 11.0 Å². The van der Waals surface area contributed by atoms with Crippen LogP contribution in [0.5, 0.6) is 0 Å². The molecule has 0 atom stereocenters. The number of pyridine rings is 1. The SMILES string of the molecule is CN(C(=O)OC(C)(C)C)c1nc(N)c(C#Cc2ccc(C#N)cc2)c2c1ncn2C. The quantitative estimate of drug-likeness (QED) is 0.626. The minimum Gasteiger partial charge on any atom is -0.443 e. The van der Waals surface area contributed by atoms with Crippen LogP contribution in [0, 0.1) is 23.2 Å². The lowest BCUT2D eigenvalue weighted by atomic mass is 10.1. The molecule has 3 rings (SSSR count). The largest absolute Gasteiger partial charge is 0.443 e. The van der Waals surface area contributed by atoms with E-state index in [1.54, 1.807) is 63.0 Å². The summed E-state index contributed by atoms with van der Waals surface area (Å²) in [6.07, 6.45) is 1.06. The van der Waals surface area contributed by atoms with Crippen molar-refractivity contribution in [2.45, 2.75) is 26.4 Å². The Morgan fingerprint density at radius 2 is 1.83 bits per heavy atom. The molecule has 8 nitrogen and oxygen atoms in total. The Morgan fingerprint density at radius 1 is 1.20 bits per heavy atom. The highest BCUT2D eigenvalue weighted by Gasteiger charge is 2.25. The number of aryl methyl sites for hydroxylation is 1. The number of benzene rings is 1. The molecule has 0 saturated heterocycles. The maximum absolute atomic E-state index is 12.5. The van der Waals surface area contributed by atoms with Crippen molar-refractivity contribution in [2.24, 2.45) is 7.05 Å². The van der Waals surface area contributed by atoms with Crippen molar-refractivity contribution < 1.29 is 9.53 Å². The molecule has 1 amide bonds. The summed E-state index contributed by atoms with van der Waals surface area (Å²) in [6.45, 7) is 5.37. The summed E-state index contributed by atoms with van der Waals surface area (Å²) in [6, 6.07) is 9.00. The topological polar surface area (TPSA) is 110 Å². The van der Waals surface area contributed by atoms with Crippen LogP contribution >= 0.6 is 0 Å². The number of fused-ring (bicyclic) bond motifs is 1. The summed E-state index contributed by atoms with van der Waals surface area (Å²) in [7, 11) is 3.38. The van der Waals surface area contributed by atoms with Gasteiger partial charge >= 0.3 is 6.09 Å². The van der Waals surface area contributed by atoms with Crippen molar-refractivity contribution in [3.05, 3.63) is 47.3 Å². The van der Waals surface area contributed by atoms with Crippen molar-refractivity contribution in [1.29, 1.82) is 5.26 Å². The Hall–Kier alpha value is -4.04. The zero-order valence-corrected chi connectivity index (χ0v) is 17.5. The highest BCUT2D eigenvalue weighted by atomic mass is 16.6. The highest BCUT2D eigenvalue weighted by molar-refractivity contribution is 6.00. The Kier molecular flexibility index (Phi) is 5.35.